The van der Waals surface area contributed by atoms with Gasteiger partial charge in [0.05, 0.1) is 6.26 Å². The fraction of sp³-hybridized carbons (Fsp3) is 0.357. The Hall–Kier alpha value is -1.77. The van der Waals surface area contributed by atoms with Crippen molar-refractivity contribution in [2.75, 3.05) is 0 Å². The molecule has 0 aliphatic heterocycles. The normalized spacial score (nSPS) is 24.8. The van der Waals surface area contributed by atoms with Gasteiger partial charge in [-0.3, -0.25) is 4.79 Å². The number of carbonyl (C=O) groups excluding carboxylic acids is 1. The number of amides is 1. The molecule has 3 nitrogen and oxygen atoms in total. The summed E-state index contributed by atoms with van der Waals surface area (Å²) >= 11 is 0. The van der Waals surface area contributed by atoms with E-state index < -0.39 is 0 Å². The highest BCUT2D eigenvalue weighted by atomic mass is 16.3. The molecule has 1 saturated carbocycles. The molecule has 3 rings (SSSR count). The van der Waals surface area contributed by atoms with Crippen molar-refractivity contribution in [1.29, 1.82) is 0 Å². The zero-order valence-electron chi connectivity index (χ0n) is 9.72. The number of furan rings is 1. The lowest BCUT2D eigenvalue weighted by molar-refractivity contribution is -0.121. The standard InChI is InChI=1S/C14H15NO2/c1-8(14(15)16)11-7-12(11)10-4-2-3-9-5-6-17-13(9)10/h2-6,8,11-12H,7H2,1H3,(H2,15,16). The van der Waals surface area contributed by atoms with Gasteiger partial charge >= 0.3 is 0 Å². The van der Waals surface area contributed by atoms with Crippen LogP contribution in [0, 0.1) is 11.8 Å². The molecule has 0 spiro atoms. The van der Waals surface area contributed by atoms with Crippen LogP contribution in [0.25, 0.3) is 11.0 Å². The van der Waals surface area contributed by atoms with E-state index in [0.29, 0.717) is 11.8 Å². The van der Waals surface area contributed by atoms with Crippen LogP contribution in [0.2, 0.25) is 0 Å². The molecule has 17 heavy (non-hydrogen) atoms. The third kappa shape index (κ3) is 1.62. The van der Waals surface area contributed by atoms with Crippen LogP contribution < -0.4 is 5.73 Å². The minimum absolute atomic E-state index is 0.0507. The maximum Gasteiger partial charge on any atom is 0.220 e. The Morgan fingerprint density at radius 1 is 1.47 bits per heavy atom. The number of benzene rings is 1. The topological polar surface area (TPSA) is 56.2 Å². The SMILES string of the molecule is CC(C(N)=O)C1CC1c1cccc2ccoc12. The van der Waals surface area contributed by atoms with E-state index in [9.17, 15) is 4.79 Å². The van der Waals surface area contributed by atoms with Gasteiger partial charge in [0, 0.05) is 11.3 Å². The highest BCUT2D eigenvalue weighted by Gasteiger charge is 2.45. The molecule has 3 heteroatoms. The average molecular weight is 229 g/mol. The van der Waals surface area contributed by atoms with Crippen LogP contribution in [-0.4, -0.2) is 5.91 Å². The molecule has 1 aromatic heterocycles. The molecular formula is C14H15NO2. The molecule has 3 atom stereocenters. The third-order valence-electron chi connectivity index (χ3n) is 3.84. The van der Waals surface area contributed by atoms with Crippen LogP contribution in [0.3, 0.4) is 0 Å². The molecule has 1 fully saturated rings. The van der Waals surface area contributed by atoms with Gasteiger partial charge < -0.3 is 10.2 Å². The van der Waals surface area contributed by atoms with Gasteiger partial charge in [-0.05, 0) is 29.9 Å². The summed E-state index contributed by atoms with van der Waals surface area (Å²) in [6.07, 6.45) is 2.74. The fourth-order valence-electron chi connectivity index (χ4n) is 2.64. The number of fused-ring (bicyclic) bond motifs is 1. The van der Waals surface area contributed by atoms with Gasteiger partial charge in [-0.15, -0.1) is 0 Å². The third-order valence-corrected chi connectivity index (χ3v) is 3.84. The monoisotopic (exact) mass is 229 g/mol. The Kier molecular flexibility index (Phi) is 2.21. The Morgan fingerprint density at radius 3 is 3.06 bits per heavy atom. The maximum absolute atomic E-state index is 11.2. The number of carbonyl (C=O) groups is 1. The van der Waals surface area contributed by atoms with Crippen LogP contribution in [-0.2, 0) is 4.79 Å². The first-order valence-electron chi connectivity index (χ1n) is 5.94. The summed E-state index contributed by atoms with van der Waals surface area (Å²) < 4.78 is 5.52. The number of hydrogen-bond donors (Lipinski definition) is 1. The number of rotatable bonds is 3. The molecule has 2 aromatic rings. The predicted octanol–water partition coefficient (Wildman–Crippen LogP) is 2.66. The van der Waals surface area contributed by atoms with Gasteiger partial charge in [-0.2, -0.15) is 0 Å². The van der Waals surface area contributed by atoms with Crippen molar-refractivity contribution in [1.82, 2.24) is 0 Å². The van der Waals surface area contributed by atoms with Crippen LogP contribution in [0.4, 0.5) is 0 Å². The summed E-state index contributed by atoms with van der Waals surface area (Å²) in [5.41, 5.74) is 7.52. The maximum atomic E-state index is 11.2. The van der Waals surface area contributed by atoms with Crippen molar-refractivity contribution in [2.45, 2.75) is 19.3 Å². The van der Waals surface area contributed by atoms with Crippen molar-refractivity contribution in [3.05, 3.63) is 36.1 Å². The summed E-state index contributed by atoms with van der Waals surface area (Å²) in [4.78, 5) is 11.2. The molecule has 1 aliphatic rings. The molecule has 0 radical (unpaired) electrons. The summed E-state index contributed by atoms with van der Waals surface area (Å²) in [5.74, 6) is 0.546. The lowest BCUT2D eigenvalue weighted by Crippen LogP contribution is -2.22. The van der Waals surface area contributed by atoms with Gasteiger partial charge in [0.2, 0.25) is 5.91 Å². The van der Waals surface area contributed by atoms with Crippen molar-refractivity contribution < 1.29 is 9.21 Å². The molecule has 2 N–H and O–H groups in total. The molecule has 1 aliphatic carbocycles. The minimum Gasteiger partial charge on any atom is -0.464 e. The van der Waals surface area contributed by atoms with Gasteiger partial charge in [0.25, 0.3) is 0 Å². The first kappa shape index (κ1) is 10.4. The zero-order valence-corrected chi connectivity index (χ0v) is 9.72. The van der Waals surface area contributed by atoms with Gasteiger partial charge in [0.1, 0.15) is 5.58 Å². The Balaban J connectivity index is 1.92. The van der Waals surface area contributed by atoms with Gasteiger partial charge in [0.15, 0.2) is 0 Å². The van der Waals surface area contributed by atoms with Crippen LogP contribution in [0.5, 0.6) is 0 Å². The summed E-state index contributed by atoms with van der Waals surface area (Å²) in [6.45, 7) is 1.91. The second kappa shape index (κ2) is 3.62. The molecule has 1 amide bonds. The van der Waals surface area contributed by atoms with E-state index in [2.05, 4.69) is 6.07 Å². The smallest absolute Gasteiger partial charge is 0.220 e. The minimum atomic E-state index is -0.205. The number of para-hydroxylation sites is 1. The Bertz CT molecular complexity index is 572. The lowest BCUT2D eigenvalue weighted by atomic mass is 9.99. The summed E-state index contributed by atoms with van der Waals surface area (Å²) in [6, 6.07) is 8.13. The van der Waals surface area contributed by atoms with Crippen LogP contribution >= 0.6 is 0 Å². The van der Waals surface area contributed by atoms with Crippen molar-refractivity contribution >= 4 is 16.9 Å². The fourth-order valence-corrected chi connectivity index (χ4v) is 2.64. The van der Waals surface area contributed by atoms with E-state index in [1.807, 2.05) is 25.1 Å². The van der Waals surface area contributed by atoms with Crippen molar-refractivity contribution in [2.24, 2.45) is 17.6 Å². The van der Waals surface area contributed by atoms with E-state index in [1.54, 1.807) is 6.26 Å². The summed E-state index contributed by atoms with van der Waals surface area (Å²) in [5, 5.41) is 1.12. The van der Waals surface area contributed by atoms with E-state index in [4.69, 9.17) is 10.2 Å². The van der Waals surface area contributed by atoms with Crippen molar-refractivity contribution in [3.63, 3.8) is 0 Å². The predicted molar refractivity (Wildman–Crippen MR) is 65.4 cm³/mol. The largest absolute Gasteiger partial charge is 0.464 e. The molecule has 0 bridgehead atoms. The molecule has 3 unspecified atom stereocenters. The molecular weight excluding hydrogens is 214 g/mol. The van der Waals surface area contributed by atoms with Gasteiger partial charge in [-0.25, -0.2) is 0 Å². The number of primary amides is 1. The quantitative estimate of drug-likeness (QED) is 0.879. The van der Waals surface area contributed by atoms with Crippen LogP contribution in [0.15, 0.2) is 34.9 Å². The first-order valence-corrected chi connectivity index (χ1v) is 5.94. The Morgan fingerprint density at radius 2 is 2.29 bits per heavy atom. The highest BCUT2D eigenvalue weighted by Crippen LogP contribution is 2.53. The lowest BCUT2D eigenvalue weighted by Gasteiger charge is -2.06. The van der Waals surface area contributed by atoms with E-state index in [-0.39, 0.29) is 11.8 Å². The molecule has 1 aromatic carbocycles. The van der Waals surface area contributed by atoms with E-state index in [1.165, 1.54) is 5.56 Å². The number of hydrogen-bond acceptors (Lipinski definition) is 2. The van der Waals surface area contributed by atoms with Crippen molar-refractivity contribution in [3.8, 4) is 0 Å². The number of nitrogens with two attached hydrogens (primary N) is 1. The molecule has 0 saturated heterocycles. The zero-order chi connectivity index (χ0) is 12.0. The first-order chi connectivity index (χ1) is 8.18. The second-order valence-electron chi connectivity index (χ2n) is 4.88. The van der Waals surface area contributed by atoms with E-state index in [0.717, 1.165) is 17.4 Å². The average Bonchev–Trinajstić information content (AvgIpc) is 2.95. The second-order valence-corrected chi connectivity index (χ2v) is 4.88. The van der Waals surface area contributed by atoms with E-state index >= 15 is 0 Å². The molecule has 1 heterocycles. The Labute approximate surface area is 99.6 Å². The highest BCUT2D eigenvalue weighted by molar-refractivity contribution is 5.82. The van der Waals surface area contributed by atoms with Crippen LogP contribution in [0.1, 0.15) is 24.8 Å². The summed E-state index contributed by atoms with van der Waals surface area (Å²) in [7, 11) is 0. The molecule has 88 valence electrons. The van der Waals surface area contributed by atoms with Gasteiger partial charge in [-0.1, -0.05) is 25.1 Å².